The molecule has 0 aliphatic carbocycles. The summed E-state index contributed by atoms with van der Waals surface area (Å²) in [7, 11) is -2.53. The van der Waals surface area contributed by atoms with Crippen LogP contribution in [0, 0.1) is 5.82 Å². The zero-order valence-electron chi connectivity index (χ0n) is 15.3. The van der Waals surface area contributed by atoms with Crippen LogP contribution in [0.1, 0.15) is 10.4 Å². The normalized spacial score (nSPS) is 11.0. The molecule has 0 spiro atoms. The summed E-state index contributed by atoms with van der Waals surface area (Å²) in [5.41, 5.74) is 0.426. The monoisotopic (exact) mass is 416 g/mol. The predicted octanol–water partition coefficient (Wildman–Crippen LogP) is 3.53. The summed E-state index contributed by atoms with van der Waals surface area (Å²) in [5.74, 6) is -0.424. The molecule has 0 radical (unpaired) electrons. The number of rotatable bonds is 6. The zero-order chi connectivity index (χ0) is 21.0. The summed E-state index contributed by atoms with van der Waals surface area (Å²) in [6.45, 7) is 0. The van der Waals surface area contributed by atoms with E-state index in [0.717, 1.165) is 6.07 Å². The Balaban J connectivity index is 1.88. The number of carbonyl (C=O) groups is 1. The fraction of sp³-hybridized carbons (Fsp3) is 0.0500. The molecule has 9 heteroatoms. The third kappa shape index (κ3) is 4.89. The molecule has 0 aliphatic heterocycles. The van der Waals surface area contributed by atoms with Gasteiger partial charge in [-0.3, -0.25) is 4.79 Å². The Morgan fingerprint density at radius 1 is 0.966 bits per heavy atom. The van der Waals surface area contributed by atoms with E-state index in [1.807, 2.05) is 0 Å². The number of benzene rings is 3. The first-order valence-electron chi connectivity index (χ1n) is 8.32. The molecule has 0 unspecified atom stereocenters. The van der Waals surface area contributed by atoms with Gasteiger partial charge in [0, 0.05) is 11.8 Å². The van der Waals surface area contributed by atoms with Crippen molar-refractivity contribution in [3.63, 3.8) is 0 Å². The van der Waals surface area contributed by atoms with Crippen LogP contribution in [0.5, 0.6) is 17.2 Å². The average Bonchev–Trinajstić information content (AvgIpc) is 2.69. The van der Waals surface area contributed by atoms with E-state index in [1.54, 1.807) is 18.2 Å². The molecular formula is C20H17FN2O5S. The molecule has 0 bridgehead atoms. The van der Waals surface area contributed by atoms with Gasteiger partial charge in [-0.25, -0.2) is 17.9 Å². The van der Waals surface area contributed by atoms with Crippen LogP contribution in [0.2, 0.25) is 0 Å². The van der Waals surface area contributed by atoms with Crippen molar-refractivity contribution in [3.8, 4) is 17.2 Å². The van der Waals surface area contributed by atoms with E-state index in [0.29, 0.717) is 0 Å². The van der Waals surface area contributed by atoms with Crippen molar-refractivity contribution in [2.24, 2.45) is 5.14 Å². The number of amides is 1. The van der Waals surface area contributed by atoms with E-state index < -0.39 is 21.7 Å². The van der Waals surface area contributed by atoms with Gasteiger partial charge in [-0.15, -0.1) is 0 Å². The van der Waals surface area contributed by atoms with Crippen LogP contribution in [0.15, 0.2) is 71.6 Å². The zero-order valence-corrected chi connectivity index (χ0v) is 16.1. The number of hydrogen-bond acceptors (Lipinski definition) is 5. The number of nitrogens with one attached hydrogen (secondary N) is 1. The number of halogens is 1. The molecule has 3 rings (SSSR count). The topological polar surface area (TPSA) is 108 Å². The minimum Gasteiger partial charge on any atom is -0.493 e. The maximum Gasteiger partial charge on any atom is 0.259 e. The van der Waals surface area contributed by atoms with Crippen molar-refractivity contribution in [1.29, 1.82) is 0 Å². The van der Waals surface area contributed by atoms with Crippen LogP contribution in [0.3, 0.4) is 0 Å². The highest BCUT2D eigenvalue weighted by Gasteiger charge is 2.16. The number of anilines is 1. The largest absolute Gasteiger partial charge is 0.493 e. The van der Waals surface area contributed by atoms with Gasteiger partial charge in [-0.2, -0.15) is 0 Å². The van der Waals surface area contributed by atoms with Crippen LogP contribution < -0.4 is 19.9 Å². The summed E-state index contributed by atoms with van der Waals surface area (Å²) in [4.78, 5) is 12.6. The molecule has 3 N–H and O–H groups in total. The Morgan fingerprint density at radius 3 is 2.45 bits per heavy atom. The Hall–Kier alpha value is -3.43. The molecule has 0 aliphatic rings. The summed E-state index contributed by atoms with van der Waals surface area (Å²) >= 11 is 0. The van der Waals surface area contributed by atoms with Gasteiger partial charge in [-0.1, -0.05) is 18.2 Å². The van der Waals surface area contributed by atoms with Gasteiger partial charge in [0.1, 0.15) is 11.6 Å². The Bertz CT molecular complexity index is 1170. The average molecular weight is 416 g/mol. The van der Waals surface area contributed by atoms with E-state index in [2.05, 4.69) is 5.32 Å². The highest BCUT2D eigenvalue weighted by atomic mass is 32.2. The van der Waals surface area contributed by atoms with Crippen LogP contribution in [0.25, 0.3) is 0 Å². The van der Waals surface area contributed by atoms with Gasteiger partial charge in [0.05, 0.1) is 17.6 Å². The second-order valence-electron chi connectivity index (χ2n) is 5.92. The van der Waals surface area contributed by atoms with E-state index in [9.17, 15) is 17.6 Å². The molecule has 150 valence electrons. The lowest BCUT2D eigenvalue weighted by Gasteiger charge is -2.14. The first kappa shape index (κ1) is 20.3. The van der Waals surface area contributed by atoms with E-state index >= 15 is 0 Å². The smallest absolute Gasteiger partial charge is 0.259 e. The fourth-order valence-corrected chi connectivity index (χ4v) is 3.10. The summed E-state index contributed by atoms with van der Waals surface area (Å²) in [5, 5.41) is 7.72. The number of hydrogen-bond donors (Lipinski definition) is 2. The maximum atomic E-state index is 13.4. The number of para-hydroxylation sites is 1. The second-order valence-corrected chi connectivity index (χ2v) is 7.48. The molecule has 7 nitrogen and oxygen atoms in total. The summed E-state index contributed by atoms with van der Waals surface area (Å²) in [6.07, 6.45) is 0. The second kappa shape index (κ2) is 8.29. The molecule has 0 heterocycles. The standard InChI is InChI=1S/C20H17FN2O5S/c1-27-19-11-13(21)9-10-18(19)28-17-8-3-2-7-16(17)20(24)23-14-5-4-6-15(12-14)29(22,25)26/h2-12H,1H3,(H,23,24)(H2,22,25,26). The van der Waals surface area contributed by atoms with Gasteiger partial charge in [0.2, 0.25) is 10.0 Å². The minimum absolute atomic E-state index is 0.129. The molecule has 0 saturated carbocycles. The number of nitrogens with two attached hydrogens (primary N) is 1. The van der Waals surface area contributed by atoms with Gasteiger partial charge in [0.15, 0.2) is 11.5 Å². The van der Waals surface area contributed by atoms with Crippen molar-refractivity contribution in [1.82, 2.24) is 0 Å². The van der Waals surface area contributed by atoms with Crippen LogP contribution in [0.4, 0.5) is 10.1 Å². The maximum absolute atomic E-state index is 13.4. The fourth-order valence-electron chi connectivity index (χ4n) is 2.54. The molecule has 3 aromatic carbocycles. The predicted molar refractivity (Wildman–Crippen MR) is 105 cm³/mol. The molecule has 3 aromatic rings. The SMILES string of the molecule is COc1cc(F)ccc1Oc1ccccc1C(=O)Nc1cccc(S(N)(=O)=O)c1. The molecule has 0 fully saturated rings. The van der Waals surface area contributed by atoms with Crippen molar-refractivity contribution in [3.05, 3.63) is 78.1 Å². The molecule has 1 amide bonds. The van der Waals surface area contributed by atoms with Gasteiger partial charge in [0.25, 0.3) is 5.91 Å². The third-order valence-corrected chi connectivity index (χ3v) is 4.81. The number of methoxy groups -OCH3 is 1. The van der Waals surface area contributed by atoms with Crippen molar-refractivity contribution in [2.45, 2.75) is 4.90 Å². The lowest BCUT2D eigenvalue weighted by atomic mass is 10.1. The highest BCUT2D eigenvalue weighted by molar-refractivity contribution is 7.89. The number of primary sulfonamides is 1. The van der Waals surface area contributed by atoms with Crippen molar-refractivity contribution in [2.75, 3.05) is 12.4 Å². The molecule has 0 aromatic heterocycles. The van der Waals surface area contributed by atoms with E-state index in [4.69, 9.17) is 14.6 Å². The lowest BCUT2D eigenvalue weighted by Crippen LogP contribution is -2.15. The third-order valence-electron chi connectivity index (χ3n) is 3.90. The van der Waals surface area contributed by atoms with Crippen LogP contribution >= 0.6 is 0 Å². The molecule has 0 atom stereocenters. The van der Waals surface area contributed by atoms with Crippen LogP contribution in [-0.2, 0) is 10.0 Å². The number of ether oxygens (including phenoxy) is 2. The number of carbonyl (C=O) groups excluding carboxylic acids is 1. The summed E-state index contributed by atoms with van der Waals surface area (Å²) in [6, 6.07) is 15.7. The number of sulfonamides is 1. The quantitative estimate of drug-likeness (QED) is 0.639. The first-order valence-corrected chi connectivity index (χ1v) is 9.87. The molecular weight excluding hydrogens is 399 g/mol. The molecule has 29 heavy (non-hydrogen) atoms. The van der Waals surface area contributed by atoms with Crippen molar-refractivity contribution < 1.29 is 27.1 Å². The minimum atomic E-state index is -3.91. The van der Waals surface area contributed by atoms with Gasteiger partial charge in [-0.05, 0) is 42.5 Å². The van der Waals surface area contributed by atoms with Gasteiger partial charge >= 0.3 is 0 Å². The van der Waals surface area contributed by atoms with Crippen LogP contribution in [-0.4, -0.2) is 21.4 Å². The highest BCUT2D eigenvalue weighted by Crippen LogP contribution is 2.33. The van der Waals surface area contributed by atoms with Crippen molar-refractivity contribution >= 4 is 21.6 Å². The Labute approximate surface area is 166 Å². The van der Waals surface area contributed by atoms with Gasteiger partial charge < -0.3 is 14.8 Å². The van der Waals surface area contributed by atoms with E-state index in [1.165, 1.54) is 49.6 Å². The summed E-state index contributed by atoms with van der Waals surface area (Å²) < 4.78 is 47.2. The lowest BCUT2D eigenvalue weighted by molar-refractivity contribution is 0.102. The van der Waals surface area contributed by atoms with E-state index in [-0.39, 0.29) is 33.4 Å². The Kier molecular flexibility index (Phi) is 5.81. The Morgan fingerprint density at radius 2 is 1.72 bits per heavy atom. The first-order chi connectivity index (χ1) is 13.8. The molecule has 0 saturated heterocycles.